The maximum atomic E-state index is 13.7. The summed E-state index contributed by atoms with van der Waals surface area (Å²) in [7, 11) is 0. The lowest BCUT2D eigenvalue weighted by Crippen LogP contribution is -2.67. The molecule has 7 heteroatoms. The van der Waals surface area contributed by atoms with Crippen LogP contribution in [-0.4, -0.2) is 61.9 Å². The molecule has 0 unspecified atom stereocenters. The Morgan fingerprint density at radius 1 is 1.35 bits per heavy atom. The van der Waals surface area contributed by atoms with Gasteiger partial charge in [-0.05, 0) is 38.0 Å². The molecular weight excluding hydrogens is 342 g/mol. The number of carbonyl (C=O) groups is 1. The van der Waals surface area contributed by atoms with Crippen molar-refractivity contribution in [2.24, 2.45) is 0 Å². The average Bonchev–Trinajstić information content (AvgIpc) is 2.61. The van der Waals surface area contributed by atoms with Gasteiger partial charge in [0.1, 0.15) is 11.6 Å². The number of rotatable bonds is 7. The van der Waals surface area contributed by atoms with Crippen LogP contribution in [0.4, 0.5) is 8.78 Å². The molecule has 0 bridgehead atoms. The summed E-state index contributed by atoms with van der Waals surface area (Å²) in [5.41, 5.74) is -0.0662. The number of nitrogens with one attached hydrogen (secondary N) is 1. The predicted molar refractivity (Wildman–Crippen MR) is 92.8 cm³/mol. The molecule has 5 nitrogen and oxygen atoms in total. The van der Waals surface area contributed by atoms with Gasteiger partial charge >= 0.3 is 0 Å². The normalized spacial score (nSPS) is 26.3. The van der Waals surface area contributed by atoms with Gasteiger partial charge in [0, 0.05) is 37.3 Å². The molecule has 26 heavy (non-hydrogen) atoms. The number of ether oxygens (including phenoxy) is 2. The molecule has 2 fully saturated rings. The number of morpholine rings is 1. The summed E-state index contributed by atoms with van der Waals surface area (Å²) in [5, 5.41) is 2.91. The van der Waals surface area contributed by atoms with Crippen molar-refractivity contribution in [1.82, 2.24) is 10.2 Å². The molecule has 1 aliphatic carbocycles. The molecule has 1 N–H and O–H groups in total. The van der Waals surface area contributed by atoms with E-state index in [1.165, 1.54) is 0 Å². The second-order valence-corrected chi connectivity index (χ2v) is 7.00. The summed E-state index contributed by atoms with van der Waals surface area (Å²) in [4.78, 5) is 14.6. The van der Waals surface area contributed by atoms with E-state index in [9.17, 15) is 13.6 Å². The minimum Gasteiger partial charge on any atom is -0.379 e. The Morgan fingerprint density at radius 2 is 2.08 bits per heavy atom. The van der Waals surface area contributed by atoms with Crippen LogP contribution in [-0.2, 0) is 20.7 Å². The van der Waals surface area contributed by atoms with E-state index in [-0.39, 0.29) is 29.5 Å². The molecule has 1 saturated heterocycles. The first-order valence-electron chi connectivity index (χ1n) is 9.17. The van der Waals surface area contributed by atoms with Gasteiger partial charge in [-0.25, -0.2) is 8.78 Å². The fourth-order valence-corrected chi connectivity index (χ4v) is 3.87. The van der Waals surface area contributed by atoms with Crippen LogP contribution in [0.3, 0.4) is 0 Å². The molecule has 0 radical (unpaired) electrons. The first-order valence-corrected chi connectivity index (χ1v) is 9.17. The lowest BCUT2D eigenvalue weighted by Gasteiger charge is -2.55. The largest absolute Gasteiger partial charge is 0.379 e. The molecule has 1 saturated carbocycles. The molecule has 1 aliphatic heterocycles. The molecule has 0 spiro atoms. The topological polar surface area (TPSA) is 50.8 Å². The quantitative estimate of drug-likeness (QED) is 0.799. The maximum Gasteiger partial charge on any atom is 0.224 e. The van der Waals surface area contributed by atoms with E-state index < -0.39 is 11.6 Å². The van der Waals surface area contributed by atoms with Crippen LogP contribution in [0, 0.1) is 11.6 Å². The van der Waals surface area contributed by atoms with Crippen molar-refractivity contribution in [1.29, 1.82) is 0 Å². The highest BCUT2D eigenvalue weighted by Gasteiger charge is 2.49. The van der Waals surface area contributed by atoms with E-state index in [1.807, 2.05) is 6.92 Å². The fourth-order valence-electron chi connectivity index (χ4n) is 3.87. The zero-order valence-electron chi connectivity index (χ0n) is 15.1. The van der Waals surface area contributed by atoms with Gasteiger partial charge in [0.15, 0.2) is 0 Å². The molecule has 0 aromatic heterocycles. The van der Waals surface area contributed by atoms with Crippen molar-refractivity contribution < 1.29 is 23.0 Å². The predicted octanol–water partition coefficient (Wildman–Crippen LogP) is 1.89. The SMILES string of the molecule is CCOC1CC(CNC(=O)Cc2cc(F)ccc2F)(N2CCOCC2)C1. The lowest BCUT2D eigenvalue weighted by atomic mass is 9.72. The number of hydrogen-bond acceptors (Lipinski definition) is 4. The molecule has 1 amide bonds. The van der Waals surface area contributed by atoms with Gasteiger partial charge < -0.3 is 14.8 Å². The van der Waals surface area contributed by atoms with Crippen LogP contribution in [0.2, 0.25) is 0 Å². The van der Waals surface area contributed by atoms with Crippen molar-refractivity contribution in [2.75, 3.05) is 39.5 Å². The van der Waals surface area contributed by atoms with Gasteiger partial charge in [0.05, 0.1) is 25.7 Å². The summed E-state index contributed by atoms with van der Waals surface area (Å²) in [6, 6.07) is 3.17. The van der Waals surface area contributed by atoms with Gasteiger partial charge in [-0.2, -0.15) is 0 Å². The van der Waals surface area contributed by atoms with Crippen molar-refractivity contribution in [3.8, 4) is 0 Å². The summed E-state index contributed by atoms with van der Waals surface area (Å²) in [5.74, 6) is -1.41. The number of amides is 1. The summed E-state index contributed by atoms with van der Waals surface area (Å²) in [6.07, 6.45) is 1.75. The Hall–Kier alpha value is -1.57. The van der Waals surface area contributed by atoms with Gasteiger partial charge in [-0.3, -0.25) is 9.69 Å². The van der Waals surface area contributed by atoms with Crippen LogP contribution >= 0.6 is 0 Å². The number of halogens is 2. The Labute approximate surface area is 152 Å². The zero-order valence-corrected chi connectivity index (χ0v) is 15.1. The van der Waals surface area contributed by atoms with Crippen LogP contribution < -0.4 is 5.32 Å². The Morgan fingerprint density at radius 3 is 2.77 bits per heavy atom. The Kier molecular flexibility index (Phi) is 6.21. The van der Waals surface area contributed by atoms with E-state index >= 15 is 0 Å². The van der Waals surface area contributed by atoms with E-state index in [0.717, 1.165) is 44.1 Å². The first kappa shape index (κ1) is 19.2. The zero-order chi connectivity index (χ0) is 18.6. The van der Waals surface area contributed by atoms with E-state index in [4.69, 9.17) is 9.47 Å². The molecule has 1 heterocycles. The van der Waals surface area contributed by atoms with Gasteiger partial charge in [-0.15, -0.1) is 0 Å². The van der Waals surface area contributed by atoms with Gasteiger partial charge in [0.25, 0.3) is 0 Å². The highest BCUT2D eigenvalue weighted by molar-refractivity contribution is 5.78. The Balaban J connectivity index is 1.59. The van der Waals surface area contributed by atoms with Crippen molar-refractivity contribution in [3.63, 3.8) is 0 Å². The highest BCUT2D eigenvalue weighted by Crippen LogP contribution is 2.39. The van der Waals surface area contributed by atoms with Crippen molar-refractivity contribution in [2.45, 2.75) is 37.8 Å². The monoisotopic (exact) mass is 368 g/mol. The smallest absolute Gasteiger partial charge is 0.224 e. The molecule has 2 aliphatic rings. The molecular formula is C19H26F2N2O3. The van der Waals surface area contributed by atoms with E-state index in [0.29, 0.717) is 26.4 Å². The van der Waals surface area contributed by atoms with Crippen molar-refractivity contribution >= 4 is 5.91 Å². The second kappa shape index (κ2) is 8.41. The molecule has 3 rings (SSSR count). The molecule has 1 aromatic carbocycles. The average molecular weight is 368 g/mol. The van der Waals surface area contributed by atoms with E-state index in [1.54, 1.807) is 0 Å². The third-order valence-electron chi connectivity index (χ3n) is 5.27. The summed E-state index contributed by atoms with van der Waals surface area (Å²) < 4.78 is 38.1. The standard InChI is InChI=1S/C19H26F2N2O3/c1-2-26-16-11-19(12-16,23-5-7-25-8-6-23)13-22-18(24)10-14-9-15(20)3-4-17(14)21/h3-4,9,16H,2,5-8,10-13H2,1H3,(H,22,24). The maximum absolute atomic E-state index is 13.7. The summed E-state index contributed by atoms with van der Waals surface area (Å²) in [6.45, 7) is 6.15. The van der Waals surface area contributed by atoms with Crippen molar-refractivity contribution in [3.05, 3.63) is 35.4 Å². The lowest BCUT2D eigenvalue weighted by molar-refractivity contribution is -0.134. The number of hydrogen-bond donors (Lipinski definition) is 1. The highest BCUT2D eigenvalue weighted by atomic mass is 19.1. The fraction of sp³-hybridized carbons (Fsp3) is 0.632. The third-order valence-corrected chi connectivity index (χ3v) is 5.27. The molecule has 144 valence electrons. The number of nitrogens with zero attached hydrogens (tertiary/aromatic N) is 1. The minimum atomic E-state index is -0.565. The van der Waals surface area contributed by atoms with E-state index in [2.05, 4.69) is 10.2 Å². The first-order chi connectivity index (χ1) is 12.5. The third kappa shape index (κ3) is 4.39. The van der Waals surface area contributed by atoms with Crippen LogP contribution in [0.15, 0.2) is 18.2 Å². The Bertz CT molecular complexity index is 629. The second-order valence-electron chi connectivity index (χ2n) is 7.00. The summed E-state index contributed by atoms with van der Waals surface area (Å²) >= 11 is 0. The van der Waals surface area contributed by atoms with Crippen LogP contribution in [0.5, 0.6) is 0 Å². The van der Waals surface area contributed by atoms with Gasteiger partial charge in [0.2, 0.25) is 5.91 Å². The van der Waals surface area contributed by atoms with Crippen LogP contribution in [0.25, 0.3) is 0 Å². The van der Waals surface area contributed by atoms with Gasteiger partial charge in [-0.1, -0.05) is 0 Å². The molecule has 1 aromatic rings. The number of benzene rings is 1. The van der Waals surface area contributed by atoms with Crippen LogP contribution in [0.1, 0.15) is 25.3 Å². The minimum absolute atomic E-state index is 0.0729. The molecule has 0 atom stereocenters. The number of carbonyl (C=O) groups excluding carboxylic acids is 1.